The van der Waals surface area contributed by atoms with E-state index >= 15 is 0 Å². The summed E-state index contributed by atoms with van der Waals surface area (Å²) in [5.74, 6) is 1.23. The maximum atomic E-state index is 12.9. The number of fused-ring (bicyclic) bond motifs is 1. The molecular weight excluding hydrogens is 412 g/mol. The van der Waals surface area contributed by atoms with Gasteiger partial charge >= 0.3 is 0 Å². The standard InChI is InChI=1S/C28H38N2O3/c1-29-18-20-32-19-8-7-13-28(23-33-26-12-6-5-11-25(26)22-29)14-16-30(17-15-28)27(31)21-24-9-3-2-4-10-24/h2-6,9-12H,7-8,13-23H2,1H3. The number of carbonyl (C=O) groups excluding carboxylic acids is 1. The molecule has 2 aromatic carbocycles. The number of hydrogen-bond donors (Lipinski definition) is 0. The molecule has 0 atom stereocenters. The summed E-state index contributed by atoms with van der Waals surface area (Å²) in [7, 11) is 2.13. The summed E-state index contributed by atoms with van der Waals surface area (Å²) in [6.45, 7) is 5.72. The lowest BCUT2D eigenvalue weighted by Gasteiger charge is -2.42. The second-order valence-corrected chi connectivity index (χ2v) is 9.75. The molecule has 2 aliphatic rings. The van der Waals surface area contributed by atoms with Crippen molar-refractivity contribution in [2.75, 3.05) is 46.5 Å². The highest BCUT2D eigenvalue weighted by Gasteiger charge is 2.36. The van der Waals surface area contributed by atoms with Crippen molar-refractivity contribution in [3.8, 4) is 5.75 Å². The first-order valence-electron chi connectivity index (χ1n) is 12.4. The third kappa shape index (κ3) is 6.81. The predicted molar refractivity (Wildman–Crippen MR) is 131 cm³/mol. The summed E-state index contributed by atoms with van der Waals surface area (Å²) in [5.41, 5.74) is 2.43. The topological polar surface area (TPSA) is 42.0 Å². The van der Waals surface area contributed by atoms with Crippen LogP contribution in [0, 0.1) is 5.41 Å². The first-order chi connectivity index (χ1) is 16.1. The van der Waals surface area contributed by atoms with Gasteiger partial charge in [-0.2, -0.15) is 0 Å². The van der Waals surface area contributed by atoms with Crippen LogP contribution < -0.4 is 4.74 Å². The molecule has 0 N–H and O–H groups in total. The minimum absolute atomic E-state index is 0.118. The summed E-state index contributed by atoms with van der Waals surface area (Å²) < 4.78 is 12.4. The maximum Gasteiger partial charge on any atom is 0.226 e. The Morgan fingerprint density at radius 3 is 2.48 bits per heavy atom. The van der Waals surface area contributed by atoms with Gasteiger partial charge in [-0.05, 0) is 44.4 Å². The van der Waals surface area contributed by atoms with E-state index < -0.39 is 0 Å². The maximum absolute atomic E-state index is 12.9. The van der Waals surface area contributed by atoms with Crippen LogP contribution in [0.1, 0.15) is 43.2 Å². The van der Waals surface area contributed by atoms with Gasteiger partial charge in [0, 0.05) is 43.8 Å². The van der Waals surface area contributed by atoms with Crippen molar-refractivity contribution in [1.29, 1.82) is 0 Å². The van der Waals surface area contributed by atoms with Crippen LogP contribution in [-0.4, -0.2) is 62.2 Å². The molecule has 1 fully saturated rings. The summed E-state index contributed by atoms with van der Waals surface area (Å²) in [6, 6.07) is 18.5. The number of piperidine rings is 1. The number of nitrogens with zero attached hydrogens (tertiary/aromatic N) is 2. The molecule has 178 valence electrons. The van der Waals surface area contributed by atoms with Crippen molar-refractivity contribution in [3.63, 3.8) is 0 Å². The van der Waals surface area contributed by atoms with E-state index in [0.29, 0.717) is 6.42 Å². The number of para-hydroxylation sites is 1. The number of hydrogen-bond acceptors (Lipinski definition) is 4. The van der Waals surface area contributed by atoms with E-state index in [2.05, 4.69) is 41.1 Å². The minimum Gasteiger partial charge on any atom is -0.493 e. The van der Waals surface area contributed by atoms with Gasteiger partial charge < -0.3 is 14.4 Å². The van der Waals surface area contributed by atoms with Crippen LogP contribution in [0.15, 0.2) is 54.6 Å². The Bertz CT molecular complexity index is 878. The van der Waals surface area contributed by atoms with Crippen LogP contribution in [0.25, 0.3) is 0 Å². The van der Waals surface area contributed by atoms with E-state index in [1.807, 2.05) is 30.3 Å². The molecule has 5 heteroatoms. The van der Waals surface area contributed by atoms with Crippen LogP contribution in [0.2, 0.25) is 0 Å². The highest BCUT2D eigenvalue weighted by atomic mass is 16.5. The number of likely N-dealkylation sites (tertiary alicyclic amines) is 1. The van der Waals surface area contributed by atoms with E-state index in [1.54, 1.807) is 0 Å². The molecule has 0 unspecified atom stereocenters. The van der Waals surface area contributed by atoms with Gasteiger partial charge in [-0.15, -0.1) is 0 Å². The van der Waals surface area contributed by atoms with Crippen LogP contribution in [-0.2, 0) is 22.5 Å². The van der Waals surface area contributed by atoms with Crippen molar-refractivity contribution in [1.82, 2.24) is 9.80 Å². The molecule has 4 rings (SSSR count). The average molecular weight is 451 g/mol. The number of amides is 1. The number of ether oxygens (including phenoxy) is 2. The van der Waals surface area contributed by atoms with Crippen molar-refractivity contribution >= 4 is 5.91 Å². The summed E-state index contributed by atoms with van der Waals surface area (Å²) in [4.78, 5) is 17.2. The van der Waals surface area contributed by atoms with Crippen molar-refractivity contribution in [2.24, 2.45) is 5.41 Å². The summed E-state index contributed by atoms with van der Waals surface area (Å²) in [5, 5.41) is 0. The normalized spacial score (nSPS) is 20.5. The van der Waals surface area contributed by atoms with Gasteiger partial charge in [0.2, 0.25) is 5.91 Å². The third-order valence-electron chi connectivity index (χ3n) is 7.18. The minimum atomic E-state index is 0.118. The predicted octanol–water partition coefficient (Wildman–Crippen LogP) is 4.55. The smallest absolute Gasteiger partial charge is 0.226 e. The first kappa shape index (κ1) is 23.8. The molecule has 0 bridgehead atoms. The van der Waals surface area contributed by atoms with E-state index in [1.165, 1.54) is 5.56 Å². The van der Waals surface area contributed by atoms with Gasteiger partial charge in [0.05, 0.1) is 19.6 Å². The van der Waals surface area contributed by atoms with E-state index in [9.17, 15) is 4.79 Å². The zero-order chi connectivity index (χ0) is 22.9. The number of likely N-dealkylation sites (N-methyl/N-ethyl adjacent to an activating group) is 1. The molecule has 0 aliphatic carbocycles. The quantitative estimate of drug-likeness (QED) is 0.673. The van der Waals surface area contributed by atoms with Gasteiger partial charge in [-0.25, -0.2) is 0 Å². The monoisotopic (exact) mass is 450 g/mol. The zero-order valence-corrected chi connectivity index (χ0v) is 20.0. The lowest BCUT2D eigenvalue weighted by atomic mass is 9.75. The fourth-order valence-corrected chi connectivity index (χ4v) is 4.98. The van der Waals surface area contributed by atoms with E-state index in [0.717, 1.165) is 89.4 Å². The van der Waals surface area contributed by atoms with E-state index in [4.69, 9.17) is 9.47 Å². The Hall–Kier alpha value is -2.37. The van der Waals surface area contributed by atoms with Crippen molar-refractivity contribution in [3.05, 3.63) is 65.7 Å². The molecule has 33 heavy (non-hydrogen) atoms. The molecule has 0 saturated carbocycles. The van der Waals surface area contributed by atoms with Gasteiger partial charge in [0.1, 0.15) is 5.75 Å². The van der Waals surface area contributed by atoms with Gasteiger partial charge in [-0.1, -0.05) is 55.0 Å². The number of benzene rings is 2. The largest absolute Gasteiger partial charge is 0.493 e. The Labute approximate surface area is 198 Å². The SMILES string of the molecule is CN1CCOCCCCC2(CCN(C(=O)Cc3ccccc3)CC2)COc2ccccc2C1. The molecule has 1 saturated heterocycles. The molecule has 2 aliphatic heterocycles. The molecule has 0 radical (unpaired) electrons. The van der Waals surface area contributed by atoms with Crippen LogP contribution in [0.3, 0.4) is 0 Å². The Morgan fingerprint density at radius 1 is 0.909 bits per heavy atom. The number of carbonyl (C=O) groups is 1. The van der Waals surface area contributed by atoms with Crippen LogP contribution in [0.4, 0.5) is 0 Å². The van der Waals surface area contributed by atoms with Crippen LogP contribution >= 0.6 is 0 Å². The lowest BCUT2D eigenvalue weighted by molar-refractivity contribution is -0.133. The Morgan fingerprint density at radius 2 is 1.67 bits per heavy atom. The number of rotatable bonds is 2. The molecular formula is C28H38N2O3. The Kier molecular flexibility index (Phi) is 8.40. The zero-order valence-electron chi connectivity index (χ0n) is 20.0. The van der Waals surface area contributed by atoms with Gasteiger partial charge in [0.15, 0.2) is 0 Å². The summed E-state index contributed by atoms with van der Waals surface area (Å²) >= 11 is 0. The van der Waals surface area contributed by atoms with Crippen LogP contribution in [0.5, 0.6) is 5.75 Å². The fraction of sp³-hybridized carbons (Fsp3) is 0.536. The third-order valence-corrected chi connectivity index (χ3v) is 7.18. The molecule has 2 heterocycles. The average Bonchev–Trinajstić information content (AvgIpc) is 2.83. The fourth-order valence-electron chi connectivity index (χ4n) is 4.98. The van der Waals surface area contributed by atoms with Gasteiger partial charge in [0.25, 0.3) is 0 Å². The second kappa shape index (κ2) is 11.7. The van der Waals surface area contributed by atoms with Crippen molar-refractivity contribution in [2.45, 2.75) is 45.1 Å². The Balaban J connectivity index is 1.41. The molecule has 1 spiro atoms. The molecule has 0 aromatic heterocycles. The molecule has 5 nitrogen and oxygen atoms in total. The molecule has 1 amide bonds. The molecule has 2 aromatic rings. The highest BCUT2D eigenvalue weighted by molar-refractivity contribution is 5.78. The second-order valence-electron chi connectivity index (χ2n) is 9.75. The van der Waals surface area contributed by atoms with Gasteiger partial charge in [-0.3, -0.25) is 9.69 Å². The van der Waals surface area contributed by atoms with Crippen molar-refractivity contribution < 1.29 is 14.3 Å². The van der Waals surface area contributed by atoms with E-state index in [-0.39, 0.29) is 11.3 Å². The lowest BCUT2D eigenvalue weighted by Crippen LogP contribution is -2.46. The highest BCUT2D eigenvalue weighted by Crippen LogP contribution is 2.38. The summed E-state index contributed by atoms with van der Waals surface area (Å²) in [6.07, 6.45) is 5.83. The first-order valence-corrected chi connectivity index (χ1v) is 12.4.